The molecule has 3 aromatic carbocycles. The van der Waals surface area contributed by atoms with Crippen molar-refractivity contribution >= 4 is 28.4 Å². The lowest BCUT2D eigenvalue weighted by Crippen LogP contribution is -2.11. The molecule has 0 bridgehead atoms. The number of fused-ring (bicyclic) bond motifs is 1. The Morgan fingerprint density at radius 2 is 1.67 bits per heavy atom. The number of ether oxygens (including phenoxy) is 2. The summed E-state index contributed by atoms with van der Waals surface area (Å²) in [5.41, 5.74) is 1.27. The molecular weight excluding hydrogens is 342 g/mol. The molecule has 0 spiro atoms. The molecular formula is C22H21NO4. The summed E-state index contributed by atoms with van der Waals surface area (Å²) in [6, 6.07) is 20.5. The average Bonchev–Trinajstić information content (AvgIpc) is 2.69. The molecule has 3 rings (SSSR count). The van der Waals surface area contributed by atoms with E-state index < -0.39 is 0 Å². The smallest absolute Gasteiger partial charge is 0.338 e. The summed E-state index contributed by atoms with van der Waals surface area (Å²) in [6.07, 6.45) is 0.630. The van der Waals surface area contributed by atoms with Crippen LogP contribution in [0.5, 0.6) is 5.75 Å². The third-order valence-electron chi connectivity index (χ3n) is 4.00. The second-order valence-electron chi connectivity index (χ2n) is 6.04. The van der Waals surface area contributed by atoms with Gasteiger partial charge in [-0.05, 0) is 30.0 Å². The molecule has 1 N–H and O–H groups in total. The Balaban J connectivity index is 1.58. The van der Waals surface area contributed by atoms with Crippen molar-refractivity contribution in [1.29, 1.82) is 0 Å². The third kappa shape index (κ3) is 4.85. The summed E-state index contributed by atoms with van der Waals surface area (Å²) < 4.78 is 10.7. The van der Waals surface area contributed by atoms with Gasteiger partial charge in [0.05, 0.1) is 17.9 Å². The maximum Gasteiger partial charge on any atom is 0.338 e. The van der Waals surface area contributed by atoms with Crippen molar-refractivity contribution < 1.29 is 19.1 Å². The summed E-state index contributed by atoms with van der Waals surface area (Å²) in [5.74, 6) is -0.185. The molecule has 0 unspecified atom stereocenters. The van der Waals surface area contributed by atoms with Crippen LogP contribution in [0.2, 0.25) is 0 Å². The van der Waals surface area contributed by atoms with Crippen LogP contribution in [0.25, 0.3) is 10.8 Å². The standard InChI is InChI=1S/C22H21NO4/c1-16(24)27-21-19-11-6-5-8-17(19)12-13-20(21)23-14-7-15-26-22(25)18-9-3-2-4-10-18/h2-6,8-13,23H,7,14-15H2,1H3. The fourth-order valence-corrected chi connectivity index (χ4v) is 2.75. The van der Waals surface area contributed by atoms with Gasteiger partial charge in [0, 0.05) is 18.9 Å². The molecule has 0 aliphatic rings. The van der Waals surface area contributed by atoms with Crippen molar-refractivity contribution in [3.63, 3.8) is 0 Å². The molecule has 0 radical (unpaired) electrons. The zero-order valence-corrected chi connectivity index (χ0v) is 15.1. The fraction of sp³-hybridized carbons (Fsp3) is 0.182. The van der Waals surface area contributed by atoms with Gasteiger partial charge in [0.1, 0.15) is 0 Å². The van der Waals surface area contributed by atoms with Gasteiger partial charge in [0.2, 0.25) is 0 Å². The first kappa shape index (κ1) is 18.5. The van der Waals surface area contributed by atoms with E-state index in [9.17, 15) is 9.59 Å². The molecule has 0 amide bonds. The number of hydrogen-bond acceptors (Lipinski definition) is 5. The highest BCUT2D eigenvalue weighted by atomic mass is 16.5. The fourth-order valence-electron chi connectivity index (χ4n) is 2.75. The van der Waals surface area contributed by atoms with Crippen molar-refractivity contribution in [1.82, 2.24) is 0 Å². The van der Waals surface area contributed by atoms with E-state index in [4.69, 9.17) is 9.47 Å². The van der Waals surface area contributed by atoms with Crippen LogP contribution in [-0.2, 0) is 9.53 Å². The van der Waals surface area contributed by atoms with E-state index in [2.05, 4.69) is 5.32 Å². The first-order valence-corrected chi connectivity index (χ1v) is 8.81. The van der Waals surface area contributed by atoms with Crippen LogP contribution in [-0.4, -0.2) is 25.1 Å². The molecule has 0 aliphatic carbocycles. The topological polar surface area (TPSA) is 64.6 Å². The van der Waals surface area contributed by atoms with Crippen LogP contribution < -0.4 is 10.1 Å². The van der Waals surface area contributed by atoms with Crippen LogP contribution in [0.3, 0.4) is 0 Å². The minimum atomic E-state index is -0.369. The number of hydrogen-bond donors (Lipinski definition) is 1. The van der Waals surface area contributed by atoms with Crippen LogP contribution in [0.15, 0.2) is 66.7 Å². The highest BCUT2D eigenvalue weighted by Gasteiger charge is 2.11. The van der Waals surface area contributed by atoms with Crippen molar-refractivity contribution in [3.8, 4) is 5.75 Å². The highest BCUT2D eigenvalue weighted by molar-refractivity contribution is 5.95. The predicted molar refractivity (Wildman–Crippen MR) is 105 cm³/mol. The number of nitrogens with one attached hydrogen (secondary N) is 1. The molecule has 5 heteroatoms. The summed E-state index contributed by atoms with van der Waals surface area (Å²) >= 11 is 0. The van der Waals surface area contributed by atoms with Crippen molar-refractivity contribution in [3.05, 3.63) is 72.3 Å². The Morgan fingerprint density at radius 3 is 2.44 bits per heavy atom. The van der Waals surface area contributed by atoms with Gasteiger partial charge in [0.15, 0.2) is 5.75 Å². The molecule has 27 heavy (non-hydrogen) atoms. The van der Waals surface area contributed by atoms with Gasteiger partial charge in [-0.15, -0.1) is 0 Å². The van der Waals surface area contributed by atoms with Gasteiger partial charge >= 0.3 is 11.9 Å². The van der Waals surface area contributed by atoms with E-state index in [0.717, 1.165) is 16.5 Å². The molecule has 0 saturated carbocycles. The minimum absolute atomic E-state index is 0.303. The first-order chi connectivity index (χ1) is 13.1. The van der Waals surface area contributed by atoms with E-state index >= 15 is 0 Å². The maximum absolute atomic E-state index is 11.9. The van der Waals surface area contributed by atoms with E-state index in [0.29, 0.717) is 30.9 Å². The number of carbonyl (C=O) groups is 2. The number of rotatable bonds is 7. The monoisotopic (exact) mass is 363 g/mol. The van der Waals surface area contributed by atoms with Gasteiger partial charge in [-0.25, -0.2) is 4.79 Å². The summed E-state index contributed by atoms with van der Waals surface area (Å²) in [5, 5.41) is 5.12. The van der Waals surface area contributed by atoms with Gasteiger partial charge in [0.25, 0.3) is 0 Å². The second-order valence-corrected chi connectivity index (χ2v) is 6.04. The van der Waals surface area contributed by atoms with Crippen LogP contribution in [0.4, 0.5) is 5.69 Å². The number of anilines is 1. The largest absolute Gasteiger partial charge is 0.462 e. The minimum Gasteiger partial charge on any atom is -0.462 e. The van der Waals surface area contributed by atoms with E-state index in [-0.39, 0.29) is 11.9 Å². The van der Waals surface area contributed by atoms with Crippen LogP contribution >= 0.6 is 0 Å². The Kier molecular flexibility index (Phi) is 6.05. The molecule has 0 fully saturated rings. The lowest BCUT2D eigenvalue weighted by molar-refractivity contribution is -0.131. The zero-order chi connectivity index (χ0) is 19.1. The second kappa shape index (κ2) is 8.85. The molecule has 0 atom stereocenters. The van der Waals surface area contributed by atoms with Crippen molar-refractivity contribution in [2.75, 3.05) is 18.5 Å². The summed E-state index contributed by atoms with van der Waals surface area (Å²) in [7, 11) is 0. The van der Waals surface area contributed by atoms with Crippen LogP contribution in [0.1, 0.15) is 23.7 Å². The lowest BCUT2D eigenvalue weighted by atomic mass is 10.1. The van der Waals surface area contributed by atoms with Gasteiger partial charge in [-0.2, -0.15) is 0 Å². The van der Waals surface area contributed by atoms with Crippen molar-refractivity contribution in [2.24, 2.45) is 0 Å². The average molecular weight is 363 g/mol. The molecule has 0 aromatic heterocycles. The Labute approximate surface area is 157 Å². The van der Waals surface area contributed by atoms with E-state index in [1.807, 2.05) is 42.5 Å². The molecule has 5 nitrogen and oxygen atoms in total. The molecule has 0 heterocycles. The van der Waals surface area contributed by atoms with Gasteiger partial charge in [-0.1, -0.05) is 48.5 Å². The Morgan fingerprint density at radius 1 is 0.926 bits per heavy atom. The molecule has 0 saturated heterocycles. The molecule has 138 valence electrons. The zero-order valence-electron chi connectivity index (χ0n) is 15.1. The van der Waals surface area contributed by atoms with Gasteiger partial charge in [-0.3, -0.25) is 4.79 Å². The number of esters is 2. The van der Waals surface area contributed by atoms with E-state index in [1.165, 1.54) is 6.92 Å². The molecule has 0 aliphatic heterocycles. The van der Waals surface area contributed by atoms with E-state index in [1.54, 1.807) is 24.3 Å². The third-order valence-corrected chi connectivity index (χ3v) is 4.00. The SMILES string of the molecule is CC(=O)Oc1c(NCCCOC(=O)c2ccccc2)ccc2ccccc12. The maximum atomic E-state index is 11.9. The normalized spacial score (nSPS) is 10.4. The highest BCUT2D eigenvalue weighted by Crippen LogP contribution is 2.34. The number of benzene rings is 3. The van der Waals surface area contributed by atoms with Crippen molar-refractivity contribution in [2.45, 2.75) is 13.3 Å². The summed E-state index contributed by atoms with van der Waals surface area (Å²) in [6.45, 7) is 2.26. The van der Waals surface area contributed by atoms with Gasteiger partial charge < -0.3 is 14.8 Å². The number of carbonyl (C=O) groups excluding carboxylic acids is 2. The Hall–Kier alpha value is -3.34. The quantitative estimate of drug-likeness (QED) is 0.382. The summed E-state index contributed by atoms with van der Waals surface area (Å²) in [4.78, 5) is 23.4. The lowest BCUT2D eigenvalue weighted by Gasteiger charge is -2.14. The predicted octanol–water partition coefficient (Wildman–Crippen LogP) is 4.42. The first-order valence-electron chi connectivity index (χ1n) is 8.81. The Bertz CT molecular complexity index is 937. The van der Waals surface area contributed by atoms with Crippen LogP contribution in [0, 0.1) is 0 Å². The molecule has 3 aromatic rings.